The number of nitrogens with zero attached hydrogens (tertiary/aromatic N) is 1. The molecule has 90 valence electrons. The van der Waals surface area contributed by atoms with Crippen molar-refractivity contribution in [2.24, 2.45) is 5.73 Å². The van der Waals surface area contributed by atoms with Crippen molar-refractivity contribution in [3.63, 3.8) is 0 Å². The van der Waals surface area contributed by atoms with E-state index in [1.807, 2.05) is 31.2 Å². The highest BCUT2D eigenvalue weighted by molar-refractivity contribution is 5.48. The monoisotopic (exact) mass is 228 g/mol. The minimum Gasteiger partial charge on any atom is -0.366 e. The largest absolute Gasteiger partial charge is 0.366 e. The maximum Gasteiger partial charge on any atom is 0.255 e. The summed E-state index contributed by atoms with van der Waals surface area (Å²) in [5, 5.41) is 0. The van der Waals surface area contributed by atoms with Crippen molar-refractivity contribution in [1.82, 2.24) is 0 Å². The number of benzene rings is 1. The summed E-state index contributed by atoms with van der Waals surface area (Å²) in [7, 11) is 0. The van der Waals surface area contributed by atoms with E-state index in [0.29, 0.717) is 13.1 Å². The van der Waals surface area contributed by atoms with Crippen molar-refractivity contribution in [3.8, 4) is 0 Å². The summed E-state index contributed by atoms with van der Waals surface area (Å²) in [6.07, 6.45) is -1.60. The van der Waals surface area contributed by atoms with Crippen molar-refractivity contribution >= 4 is 5.69 Å². The lowest BCUT2D eigenvalue weighted by atomic mass is 10.2. The zero-order valence-corrected chi connectivity index (χ0v) is 9.50. The van der Waals surface area contributed by atoms with Gasteiger partial charge in [-0.05, 0) is 37.6 Å². The second-order valence-corrected chi connectivity index (χ2v) is 3.82. The summed E-state index contributed by atoms with van der Waals surface area (Å²) in [6.45, 7) is 2.81. The van der Waals surface area contributed by atoms with Gasteiger partial charge in [0.1, 0.15) is 0 Å². The Morgan fingerprint density at radius 3 is 2.69 bits per heavy atom. The minimum absolute atomic E-state index is 0.233. The zero-order chi connectivity index (χ0) is 12.0. The van der Waals surface area contributed by atoms with Gasteiger partial charge < -0.3 is 10.6 Å². The van der Waals surface area contributed by atoms with E-state index in [0.717, 1.165) is 17.7 Å². The van der Waals surface area contributed by atoms with Crippen LogP contribution in [0.1, 0.15) is 12.0 Å². The Balaban J connectivity index is 2.74. The van der Waals surface area contributed by atoms with Crippen LogP contribution >= 0.6 is 0 Å². The third-order valence-electron chi connectivity index (χ3n) is 2.36. The summed E-state index contributed by atoms with van der Waals surface area (Å²) in [4.78, 5) is 1.69. The Hall–Kier alpha value is -1.16. The molecule has 0 aliphatic rings. The van der Waals surface area contributed by atoms with Crippen molar-refractivity contribution in [3.05, 3.63) is 29.8 Å². The van der Waals surface area contributed by atoms with Gasteiger partial charge in [0.2, 0.25) is 0 Å². The van der Waals surface area contributed by atoms with Crippen LogP contribution in [0, 0.1) is 6.92 Å². The molecule has 0 amide bonds. The van der Waals surface area contributed by atoms with Gasteiger partial charge in [0.05, 0.1) is 6.54 Å². The van der Waals surface area contributed by atoms with Gasteiger partial charge in [-0.25, -0.2) is 8.78 Å². The molecule has 0 heterocycles. The summed E-state index contributed by atoms with van der Waals surface area (Å²) in [5.74, 6) is 0. The molecule has 16 heavy (non-hydrogen) atoms. The minimum atomic E-state index is -2.32. The van der Waals surface area contributed by atoms with Gasteiger partial charge in [-0.1, -0.05) is 12.1 Å². The summed E-state index contributed by atoms with van der Waals surface area (Å²) in [6, 6.07) is 7.60. The third-order valence-corrected chi connectivity index (χ3v) is 2.36. The van der Waals surface area contributed by atoms with Crippen molar-refractivity contribution in [2.75, 3.05) is 24.5 Å². The lowest BCUT2D eigenvalue weighted by Crippen LogP contribution is -2.31. The molecule has 1 aromatic rings. The normalized spacial score (nSPS) is 10.8. The first-order valence-electron chi connectivity index (χ1n) is 5.43. The first-order valence-corrected chi connectivity index (χ1v) is 5.43. The van der Waals surface area contributed by atoms with Gasteiger partial charge >= 0.3 is 0 Å². The molecule has 1 aromatic carbocycles. The molecular weight excluding hydrogens is 210 g/mol. The first-order chi connectivity index (χ1) is 7.63. The van der Waals surface area contributed by atoms with Crippen LogP contribution in [0.15, 0.2) is 24.3 Å². The summed E-state index contributed by atoms with van der Waals surface area (Å²) >= 11 is 0. The Morgan fingerprint density at radius 2 is 2.12 bits per heavy atom. The van der Waals surface area contributed by atoms with E-state index in [2.05, 4.69) is 0 Å². The Kier molecular flexibility index (Phi) is 5.19. The van der Waals surface area contributed by atoms with Gasteiger partial charge in [-0.15, -0.1) is 0 Å². The molecule has 0 radical (unpaired) electrons. The van der Waals surface area contributed by atoms with Crippen molar-refractivity contribution in [2.45, 2.75) is 19.8 Å². The second kappa shape index (κ2) is 6.43. The van der Waals surface area contributed by atoms with E-state index in [-0.39, 0.29) is 6.54 Å². The number of anilines is 1. The topological polar surface area (TPSA) is 29.3 Å². The fourth-order valence-electron chi connectivity index (χ4n) is 1.60. The van der Waals surface area contributed by atoms with Crippen LogP contribution in [0.25, 0.3) is 0 Å². The Labute approximate surface area is 95.1 Å². The Morgan fingerprint density at radius 1 is 1.38 bits per heavy atom. The maximum atomic E-state index is 12.4. The molecule has 0 atom stereocenters. The van der Waals surface area contributed by atoms with E-state index in [1.165, 1.54) is 0 Å². The molecule has 4 heteroatoms. The highest BCUT2D eigenvalue weighted by Gasteiger charge is 2.12. The highest BCUT2D eigenvalue weighted by atomic mass is 19.3. The van der Waals surface area contributed by atoms with E-state index in [4.69, 9.17) is 5.73 Å². The van der Waals surface area contributed by atoms with Crippen LogP contribution in [0.2, 0.25) is 0 Å². The third kappa shape index (κ3) is 4.14. The molecule has 0 aromatic heterocycles. The number of alkyl halides is 2. The van der Waals surface area contributed by atoms with Gasteiger partial charge in [0, 0.05) is 12.2 Å². The number of rotatable bonds is 6. The molecule has 0 bridgehead atoms. The van der Waals surface area contributed by atoms with Crippen LogP contribution in [0.5, 0.6) is 0 Å². The molecule has 1 rings (SSSR count). The SMILES string of the molecule is Cc1cccc(N(CCCN)CC(F)F)c1. The molecule has 0 saturated heterocycles. The average Bonchev–Trinajstić information content (AvgIpc) is 2.23. The number of aryl methyl sites for hydroxylation is 1. The van der Waals surface area contributed by atoms with Crippen molar-refractivity contribution in [1.29, 1.82) is 0 Å². The van der Waals surface area contributed by atoms with Gasteiger partial charge in [-0.2, -0.15) is 0 Å². The molecule has 0 aliphatic carbocycles. The van der Waals surface area contributed by atoms with E-state index < -0.39 is 6.43 Å². The van der Waals surface area contributed by atoms with Gasteiger partial charge in [0.25, 0.3) is 6.43 Å². The van der Waals surface area contributed by atoms with Crippen molar-refractivity contribution < 1.29 is 8.78 Å². The van der Waals surface area contributed by atoms with Gasteiger partial charge in [-0.3, -0.25) is 0 Å². The lowest BCUT2D eigenvalue weighted by molar-refractivity contribution is 0.154. The quantitative estimate of drug-likeness (QED) is 0.810. The molecule has 2 N–H and O–H groups in total. The number of halogens is 2. The fourth-order valence-corrected chi connectivity index (χ4v) is 1.60. The number of hydrogen-bond donors (Lipinski definition) is 1. The van der Waals surface area contributed by atoms with Crippen LogP contribution in [0.3, 0.4) is 0 Å². The molecule has 0 unspecified atom stereocenters. The number of hydrogen-bond acceptors (Lipinski definition) is 2. The smallest absolute Gasteiger partial charge is 0.255 e. The van der Waals surface area contributed by atoms with E-state index >= 15 is 0 Å². The standard InChI is InChI=1S/C12H18F2N2/c1-10-4-2-5-11(8-10)16(7-3-6-15)9-12(13)14/h2,4-5,8,12H,3,6-7,9,15H2,1H3. The fraction of sp³-hybridized carbons (Fsp3) is 0.500. The predicted molar refractivity (Wildman–Crippen MR) is 63.1 cm³/mol. The molecule has 0 saturated carbocycles. The summed E-state index contributed by atoms with van der Waals surface area (Å²) < 4.78 is 24.9. The van der Waals surface area contributed by atoms with E-state index in [9.17, 15) is 8.78 Å². The lowest BCUT2D eigenvalue weighted by Gasteiger charge is -2.24. The molecule has 0 fully saturated rings. The average molecular weight is 228 g/mol. The van der Waals surface area contributed by atoms with Crippen LogP contribution < -0.4 is 10.6 Å². The molecular formula is C12H18F2N2. The van der Waals surface area contributed by atoms with Crippen LogP contribution in [0.4, 0.5) is 14.5 Å². The highest BCUT2D eigenvalue weighted by Crippen LogP contribution is 2.17. The zero-order valence-electron chi connectivity index (χ0n) is 9.50. The molecule has 2 nitrogen and oxygen atoms in total. The summed E-state index contributed by atoms with van der Waals surface area (Å²) in [5.41, 5.74) is 7.32. The van der Waals surface area contributed by atoms with Crippen LogP contribution in [-0.4, -0.2) is 26.1 Å². The predicted octanol–water partition coefficient (Wildman–Crippen LogP) is 2.42. The molecule has 0 spiro atoms. The van der Waals surface area contributed by atoms with Crippen LogP contribution in [-0.2, 0) is 0 Å². The number of nitrogens with two attached hydrogens (primary N) is 1. The Bertz CT molecular complexity index is 316. The second-order valence-electron chi connectivity index (χ2n) is 3.82. The molecule has 0 aliphatic heterocycles. The first kappa shape index (κ1) is 12.9. The maximum absolute atomic E-state index is 12.4. The van der Waals surface area contributed by atoms with Gasteiger partial charge in [0.15, 0.2) is 0 Å². The van der Waals surface area contributed by atoms with E-state index in [1.54, 1.807) is 4.90 Å².